The molecule has 2 nitrogen and oxygen atoms in total. The van der Waals surface area contributed by atoms with E-state index in [0.717, 1.165) is 19.4 Å². The van der Waals surface area contributed by atoms with E-state index in [-0.39, 0.29) is 6.29 Å². The summed E-state index contributed by atoms with van der Waals surface area (Å²) in [6.45, 7) is 9.63. The molecule has 21 heavy (non-hydrogen) atoms. The third-order valence-corrected chi connectivity index (χ3v) is 6.77. The van der Waals surface area contributed by atoms with Crippen LogP contribution in [0.25, 0.3) is 0 Å². The molecule has 0 rings (SSSR count). The summed E-state index contributed by atoms with van der Waals surface area (Å²) in [4.78, 5) is 0. The van der Waals surface area contributed by atoms with E-state index in [1.165, 1.54) is 61.9 Å². The van der Waals surface area contributed by atoms with Crippen molar-refractivity contribution in [3.05, 3.63) is 0 Å². The van der Waals surface area contributed by atoms with Gasteiger partial charge in [0.2, 0.25) is 0 Å². The zero-order valence-electron chi connectivity index (χ0n) is 15.2. The molecule has 126 valence electrons. The first-order chi connectivity index (χ1) is 10.3. The van der Waals surface area contributed by atoms with Crippen molar-refractivity contribution < 1.29 is 8.53 Å². The molecule has 0 heterocycles. The van der Waals surface area contributed by atoms with Gasteiger partial charge in [0, 0.05) is 6.61 Å². The molecule has 1 atom stereocenters. The van der Waals surface area contributed by atoms with Crippen LogP contribution in [0.3, 0.4) is 0 Å². The highest BCUT2D eigenvalue weighted by molar-refractivity contribution is 6.51. The van der Waals surface area contributed by atoms with Crippen LogP contribution < -0.4 is 0 Å². The summed E-state index contributed by atoms with van der Waals surface area (Å²) in [5, 5.41) is 2.69. The molecule has 1 unspecified atom stereocenters. The van der Waals surface area contributed by atoms with E-state index in [4.69, 9.17) is 8.53 Å². The number of hydrogen-bond donors (Lipinski definition) is 0. The molecule has 0 aromatic heterocycles. The van der Waals surface area contributed by atoms with Crippen LogP contribution in [0.5, 0.6) is 0 Å². The Bertz CT molecular complexity index is 182. The third kappa shape index (κ3) is 13.8. The molecule has 0 aliphatic rings. The second kappa shape index (κ2) is 16.8. The maximum absolute atomic E-state index is 6.41. The van der Waals surface area contributed by atoms with Crippen molar-refractivity contribution in [3.8, 4) is 0 Å². The highest BCUT2D eigenvalue weighted by atomic mass is 27.2. The van der Waals surface area contributed by atoms with Crippen LogP contribution in [0.4, 0.5) is 0 Å². The Kier molecular flexibility index (Phi) is 17.2. The Morgan fingerprint density at radius 3 is 1.71 bits per heavy atom. The minimum atomic E-state index is -1.07. The molecule has 0 spiro atoms. The molecule has 0 saturated carbocycles. The Balaban J connectivity index is 4.11. The molecule has 0 aliphatic heterocycles. The van der Waals surface area contributed by atoms with E-state index in [2.05, 4.69) is 27.7 Å². The van der Waals surface area contributed by atoms with Crippen LogP contribution in [0, 0.1) is 0 Å². The molecule has 0 saturated heterocycles. The van der Waals surface area contributed by atoms with E-state index in [0.29, 0.717) is 0 Å². The largest absolute Gasteiger partial charge is 0.478 e. The summed E-state index contributed by atoms with van der Waals surface area (Å²) in [5.41, 5.74) is 0. The third-order valence-electron chi connectivity index (χ3n) is 3.98. The van der Waals surface area contributed by atoms with Crippen LogP contribution in [0.15, 0.2) is 0 Å². The van der Waals surface area contributed by atoms with Gasteiger partial charge in [-0.25, -0.2) is 0 Å². The second-order valence-corrected chi connectivity index (χ2v) is 8.80. The number of hydrogen-bond acceptors (Lipinski definition) is 2. The number of ether oxygens (including phenoxy) is 1. The quantitative estimate of drug-likeness (QED) is 0.188. The minimum Gasteiger partial charge on any atom is -0.478 e. The summed E-state index contributed by atoms with van der Waals surface area (Å²) in [6.07, 6.45) is 13.2. The van der Waals surface area contributed by atoms with Gasteiger partial charge in [0.25, 0.3) is 0 Å². The lowest BCUT2D eigenvalue weighted by Crippen LogP contribution is -2.28. The SMILES string of the molecule is CCCCC[CH2][Al]([CH2]CCCCC)[O]C(CCC)OCC. The Hall–Kier alpha value is 0.452. The zero-order valence-corrected chi connectivity index (χ0v) is 16.3. The molecule has 0 aromatic carbocycles. The molecule has 3 heteroatoms. The molecular weight excluding hydrogens is 275 g/mol. The molecule has 0 amide bonds. The van der Waals surface area contributed by atoms with Crippen molar-refractivity contribution in [2.45, 2.75) is 109 Å². The van der Waals surface area contributed by atoms with Gasteiger partial charge in [-0.05, 0) is 13.3 Å². The average molecular weight is 314 g/mol. The van der Waals surface area contributed by atoms with Gasteiger partial charge in [-0.3, -0.25) is 0 Å². The predicted octanol–water partition coefficient (Wildman–Crippen LogP) is 6.32. The highest BCUT2D eigenvalue weighted by Crippen LogP contribution is 2.17. The van der Waals surface area contributed by atoms with E-state index in [9.17, 15) is 0 Å². The van der Waals surface area contributed by atoms with Gasteiger partial charge in [-0.1, -0.05) is 89.1 Å². The van der Waals surface area contributed by atoms with Crippen LogP contribution in [0.1, 0.15) is 91.9 Å². The first kappa shape index (κ1) is 21.5. The van der Waals surface area contributed by atoms with Crippen molar-refractivity contribution in [1.29, 1.82) is 0 Å². The highest BCUT2D eigenvalue weighted by Gasteiger charge is 2.23. The molecule has 0 aromatic rings. The van der Waals surface area contributed by atoms with Crippen molar-refractivity contribution in [3.63, 3.8) is 0 Å². The molecule has 0 bridgehead atoms. The van der Waals surface area contributed by atoms with Gasteiger partial charge < -0.3 is 8.53 Å². The van der Waals surface area contributed by atoms with Gasteiger partial charge in [0.15, 0.2) is 0 Å². The van der Waals surface area contributed by atoms with E-state index in [1.807, 2.05) is 0 Å². The Morgan fingerprint density at radius 1 is 0.714 bits per heavy atom. The fourth-order valence-electron chi connectivity index (χ4n) is 2.70. The van der Waals surface area contributed by atoms with Gasteiger partial charge in [0.05, 0.1) is 0 Å². The van der Waals surface area contributed by atoms with Crippen molar-refractivity contribution in [2.24, 2.45) is 0 Å². The fraction of sp³-hybridized carbons (Fsp3) is 1.00. The van der Waals surface area contributed by atoms with E-state index >= 15 is 0 Å². The first-order valence-corrected chi connectivity index (χ1v) is 11.7. The lowest BCUT2D eigenvalue weighted by atomic mass is 10.2. The number of rotatable bonds is 16. The Morgan fingerprint density at radius 2 is 1.29 bits per heavy atom. The van der Waals surface area contributed by atoms with Crippen molar-refractivity contribution in [1.82, 2.24) is 0 Å². The van der Waals surface area contributed by atoms with Crippen molar-refractivity contribution >= 4 is 14.5 Å². The number of unbranched alkanes of at least 4 members (excludes halogenated alkanes) is 6. The Labute approximate surface area is 138 Å². The first-order valence-electron chi connectivity index (χ1n) is 9.55. The maximum Gasteiger partial charge on any atom is 0.462 e. The van der Waals surface area contributed by atoms with Crippen LogP contribution in [-0.4, -0.2) is 27.4 Å². The average Bonchev–Trinajstić information content (AvgIpc) is 2.48. The fourth-order valence-corrected chi connectivity index (χ4v) is 5.40. The monoisotopic (exact) mass is 314 g/mol. The van der Waals surface area contributed by atoms with Gasteiger partial charge in [-0.15, -0.1) is 0 Å². The summed E-state index contributed by atoms with van der Waals surface area (Å²) in [5.74, 6) is 0. The maximum atomic E-state index is 6.41. The van der Waals surface area contributed by atoms with Crippen LogP contribution >= 0.6 is 0 Å². The second-order valence-electron chi connectivity index (χ2n) is 6.13. The zero-order chi connectivity index (χ0) is 15.8. The van der Waals surface area contributed by atoms with E-state index in [1.54, 1.807) is 0 Å². The molecular formula is C18H39AlO2. The molecule has 0 aliphatic carbocycles. The molecule has 0 fully saturated rings. The van der Waals surface area contributed by atoms with Gasteiger partial charge >= 0.3 is 14.5 Å². The minimum absolute atomic E-state index is 0.0778. The van der Waals surface area contributed by atoms with E-state index < -0.39 is 14.5 Å². The summed E-state index contributed by atoms with van der Waals surface area (Å²) >= 11 is -1.07. The molecule has 0 radical (unpaired) electrons. The van der Waals surface area contributed by atoms with Crippen LogP contribution in [-0.2, 0) is 8.53 Å². The summed E-state index contributed by atoms with van der Waals surface area (Å²) in [6, 6.07) is 0. The molecule has 0 N–H and O–H groups in total. The van der Waals surface area contributed by atoms with Crippen LogP contribution in [0.2, 0.25) is 10.6 Å². The topological polar surface area (TPSA) is 18.5 Å². The smallest absolute Gasteiger partial charge is 0.462 e. The summed E-state index contributed by atoms with van der Waals surface area (Å²) in [7, 11) is 0. The lowest BCUT2D eigenvalue weighted by molar-refractivity contribution is -0.0832. The lowest BCUT2D eigenvalue weighted by Gasteiger charge is -2.23. The standard InChI is InChI=1S/C6H13O2.2C6H13.Al/c1-3-5-6(7)8-4-2;2*1-3-5-6-4-2;/h6H,3-5H2,1-2H3;2*1,3-6H2,2H3;/q-1;;;+1. The predicted molar refractivity (Wildman–Crippen MR) is 95.1 cm³/mol. The summed E-state index contributed by atoms with van der Waals surface area (Å²) < 4.78 is 12.2. The normalized spacial score (nSPS) is 12.6. The van der Waals surface area contributed by atoms with Gasteiger partial charge in [0.1, 0.15) is 6.29 Å². The van der Waals surface area contributed by atoms with Crippen molar-refractivity contribution in [2.75, 3.05) is 6.61 Å². The van der Waals surface area contributed by atoms with Gasteiger partial charge in [-0.2, -0.15) is 0 Å².